The third kappa shape index (κ3) is 2.31. The number of rotatable bonds is 4. The van der Waals surface area contributed by atoms with Gasteiger partial charge in [0.1, 0.15) is 6.04 Å². The third-order valence-corrected chi connectivity index (χ3v) is 2.07. The molecule has 1 aromatic heterocycles. The number of nitrogens with two attached hydrogens (primary N) is 1. The first-order valence-corrected chi connectivity index (χ1v) is 4.71. The average molecular weight is 212 g/mol. The van der Waals surface area contributed by atoms with Gasteiger partial charge in [-0.1, -0.05) is 5.16 Å². The largest absolute Gasteiger partial charge is 0.394 e. The van der Waals surface area contributed by atoms with Gasteiger partial charge in [0.05, 0.1) is 6.61 Å². The van der Waals surface area contributed by atoms with Crippen LogP contribution in [0.1, 0.15) is 35.4 Å². The summed E-state index contributed by atoms with van der Waals surface area (Å²) in [5.74, 6) is -0.336. The standard InChI is InChI=1S/C8H12N4O3/c9-5(3-13)8-11-6(12-15-8)7(14)10-4-1-2-4/h4-5,13H,1-3,9H2,(H,10,14). The Morgan fingerprint density at radius 3 is 3.07 bits per heavy atom. The van der Waals surface area contributed by atoms with Crippen molar-refractivity contribution in [3.63, 3.8) is 0 Å². The number of nitrogens with one attached hydrogen (secondary N) is 1. The zero-order valence-corrected chi connectivity index (χ0v) is 8.01. The molecule has 1 saturated carbocycles. The van der Waals surface area contributed by atoms with Gasteiger partial charge in [-0.15, -0.1) is 0 Å². The molecule has 1 atom stereocenters. The van der Waals surface area contributed by atoms with Crippen molar-refractivity contribution < 1.29 is 14.4 Å². The highest BCUT2D eigenvalue weighted by atomic mass is 16.5. The molecule has 4 N–H and O–H groups in total. The van der Waals surface area contributed by atoms with E-state index >= 15 is 0 Å². The first-order chi connectivity index (χ1) is 7.20. The predicted octanol–water partition coefficient (Wildman–Crippen LogP) is -1.05. The number of hydrogen-bond donors (Lipinski definition) is 3. The highest BCUT2D eigenvalue weighted by molar-refractivity contribution is 5.90. The fourth-order valence-electron chi connectivity index (χ4n) is 1.03. The van der Waals surface area contributed by atoms with E-state index in [0.717, 1.165) is 12.8 Å². The molecular weight excluding hydrogens is 200 g/mol. The van der Waals surface area contributed by atoms with Crippen LogP contribution in [0.5, 0.6) is 0 Å². The summed E-state index contributed by atoms with van der Waals surface area (Å²) in [5, 5.41) is 14.9. The number of hydrogen-bond acceptors (Lipinski definition) is 6. The minimum atomic E-state index is -0.736. The van der Waals surface area contributed by atoms with Crippen LogP contribution in [0.4, 0.5) is 0 Å². The fourth-order valence-corrected chi connectivity index (χ4v) is 1.03. The molecule has 2 rings (SSSR count). The molecule has 0 bridgehead atoms. The van der Waals surface area contributed by atoms with E-state index in [0.29, 0.717) is 0 Å². The van der Waals surface area contributed by atoms with E-state index in [1.165, 1.54) is 0 Å². The Hall–Kier alpha value is -1.47. The molecule has 15 heavy (non-hydrogen) atoms. The second-order valence-corrected chi connectivity index (χ2v) is 3.49. The molecule has 1 heterocycles. The van der Waals surface area contributed by atoms with Gasteiger partial charge in [0.25, 0.3) is 11.7 Å². The quantitative estimate of drug-likeness (QED) is 0.587. The van der Waals surface area contributed by atoms with Crippen LogP contribution in [-0.2, 0) is 0 Å². The van der Waals surface area contributed by atoms with E-state index in [9.17, 15) is 4.79 Å². The molecule has 0 radical (unpaired) electrons. The molecule has 7 nitrogen and oxygen atoms in total. The molecule has 7 heteroatoms. The smallest absolute Gasteiger partial charge is 0.292 e. The third-order valence-electron chi connectivity index (χ3n) is 2.07. The lowest BCUT2D eigenvalue weighted by atomic mass is 10.3. The molecule has 82 valence electrons. The minimum absolute atomic E-state index is 0.0409. The van der Waals surface area contributed by atoms with Crippen molar-refractivity contribution in [2.45, 2.75) is 24.9 Å². The zero-order valence-electron chi connectivity index (χ0n) is 8.01. The number of aliphatic hydroxyl groups excluding tert-OH is 1. The first kappa shape index (κ1) is 10.1. The van der Waals surface area contributed by atoms with E-state index in [4.69, 9.17) is 15.4 Å². The molecule has 0 saturated heterocycles. The zero-order chi connectivity index (χ0) is 10.8. The summed E-state index contributed by atoms with van der Waals surface area (Å²) in [6, 6.07) is -0.494. The number of carbonyl (C=O) groups is 1. The lowest BCUT2D eigenvalue weighted by Crippen LogP contribution is -2.26. The van der Waals surface area contributed by atoms with E-state index in [1.807, 2.05) is 0 Å². The lowest BCUT2D eigenvalue weighted by molar-refractivity contribution is 0.0937. The highest BCUT2D eigenvalue weighted by Crippen LogP contribution is 2.19. The Morgan fingerprint density at radius 1 is 1.73 bits per heavy atom. The van der Waals surface area contributed by atoms with Crippen molar-refractivity contribution in [3.05, 3.63) is 11.7 Å². The normalized spacial score (nSPS) is 17.5. The topological polar surface area (TPSA) is 114 Å². The number of aliphatic hydroxyl groups is 1. The van der Waals surface area contributed by atoms with Crippen LogP contribution in [0.3, 0.4) is 0 Å². The number of aromatic nitrogens is 2. The minimum Gasteiger partial charge on any atom is -0.394 e. The second kappa shape index (κ2) is 3.95. The predicted molar refractivity (Wildman–Crippen MR) is 48.8 cm³/mol. The van der Waals surface area contributed by atoms with E-state index < -0.39 is 6.04 Å². The summed E-state index contributed by atoms with van der Waals surface area (Å²) in [6.45, 7) is -0.300. The number of amides is 1. The molecule has 1 amide bonds. The van der Waals surface area contributed by atoms with Crippen molar-refractivity contribution in [1.29, 1.82) is 0 Å². The molecule has 0 spiro atoms. The van der Waals surface area contributed by atoms with Crippen LogP contribution in [0.2, 0.25) is 0 Å². The maximum Gasteiger partial charge on any atom is 0.292 e. The summed E-state index contributed by atoms with van der Waals surface area (Å²) >= 11 is 0. The van der Waals surface area contributed by atoms with Gasteiger partial charge in [0, 0.05) is 6.04 Å². The summed E-state index contributed by atoms with van der Waals surface area (Å²) in [7, 11) is 0. The van der Waals surface area contributed by atoms with E-state index in [-0.39, 0.29) is 30.3 Å². The van der Waals surface area contributed by atoms with Crippen molar-refractivity contribution in [2.75, 3.05) is 6.61 Å². The average Bonchev–Trinajstić information content (AvgIpc) is 2.91. The van der Waals surface area contributed by atoms with Gasteiger partial charge in [-0.3, -0.25) is 4.79 Å². The molecule has 1 aromatic rings. The molecule has 1 unspecified atom stereocenters. The lowest BCUT2D eigenvalue weighted by Gasteiger charge is -1.98. The van der Waals surface area contributed by atoms with Gasteiger partial charge in [0.2, 0.25) is 5.89 Å². The van der Waals surface area contributed by atoms with Gasteiger partial charge in [0.15, 0.2) is 0 Å². The monoisotopic (exact) mass is 212 g/mol. The molecule has 1 aliphatic rings. The SMILES string of the molecule is NC(CO)c1nc(C(=O)NC2CC2)no1. The summed E-state index contributed by atoms with van der Waals surface area (Å²) in [6.07, 6.45) is 1.99. The van der Waals surface area contributed by atoms with Gasteiger partial charge in [-0.05, 0) is 12.8 Å². The number of nitrogens with zero attached hydrogens (tertiary/aromatic N) is 2. The summed E-state index contributed by atoms with van der Waals surface area (Å²) in [5.41, 5.74) is 5.44. The van der Waals surface area contributed by atoms with Gasteiger partial charge >= 0.3 is 0 Å². The Morgan fingerprint density at radius 2 is 2.47 bits per heavy atom. The number of carbonyl (C=O) groups excluding carboxylic acids is 1. The van der Waals surface area contributed by atoms with Gasteiger partial charge < -0.3 is 20.7 Å². The summed E-state index contributed by atoms with van der Waals surface area (Å²) < 4.78 is 4.73. The van der Waals surface area contributed by atoms with E-state index in [2.05, 4.69) is 15.5 Å². The maximum absolute atomic E-state index is 11.4. The van der Waals surface area contributed by atoms with Crippen LogP contribution >= 0.6 is 0 Å². The van der Waals surface area contributed by atoms with Crippen LogP contribution in [0.25, 0.3) is 0 Å². The molecule has 1 aliphatic carbocycles. The van der Waals surface area contributed by atoms with Crippen molar-refractivity contribution in [2.24, 2.45) is 5.73 Å². The second-order valence-electron chi connectivity index (χ2n) is 3.49. The fraction of sp³-hybridized carbons (Fsp3) is 0.625. The van der Waals surface area contributed by atoms with Crippen LogP contribution < -0.4 is 11.1 Å². The summed E-state index contributed by atoms with van der Waals surface area (Å²) in [4.78, 5) is 15.2. The van der Waals surface area contributed by atoms with Crippen LogP contribution in [0.15, 0.2) is 4.52 Å². The highest BCUT2D eigenvalue weighted by Gasteiger charge is 2.26. The maximum atomic E-state index is 11.4. The first-order valence-electron chi connectivity index (χ1n) is 4.71. The molecule has 1 fully saturated rings. The van der Waals surface area contributed by atoms with Crippen LogP contribution in [0, 0.1) is 0 Å². The Balaban J connectivity index is 2.01. The molecule has 0 aliphatic heterocycles. The van der Waals surface area contributed by atoms with Crippen LogP contribution in [-0.4, -0.2) is 33.8 Å². The molecule has 0 aromatic carbocycles. The van der Waals surface area contributed by atoms with Gasteiger partial charge in [-0.25, -0.2) is 0 Å². The van der Waals surface area contributed by atoms with Crippen molar-refractivity contribution in [1.82, 2.24) is 15.5 Å². The Labute approximate surface area is 85.6 Å². The van der Waals surface area contributed by atoms with Crippen molar-refractivity contribution >= 4 is 5.91 Å². The van der Waals surface area contributed by atoms with Gasteiger partial charge in [-0.2, -0.15) is 4.98 Å². The molecular formula is C8H12N4O3. The van der Waals surface area contributed by atoms with Crippen molar-refractivity contribution in [3.8, 4) is 0 Å². The van der Waals surface area contributed by atoms with E-state index in [1.54, 1.807) is 0 Å². The Bertz CT molecular complexity index is 361. The Kier molecular flexibility index (Phi) is 2.65.